The van der Waals surface area contributed by atoms with Crippen LogP contribution in [0.3, 0.4) is 0 Å². The van der Waals surface area contributed by atoms with Gasteiger partial charge >= 0.3 is 0 Å². The van der Waals surface area contributed by atoms with E-state index >= 15 is 0 Å². The van der Waals surface area contributed by atoms with Gasteiger partial charge in [0.25, 0.3) is 0 Å². The van der Waals surface area contributed by atoms with Gasteiger partial charge < -0.3 is 9.47 Å². The Morgan fingerprint density at radius 3 is 2.67 bits per heavy atom. The minimum absolute atomic E-state index is 0.621. The molecule has 0 fully saturated rings. The molecule has 0 radical (unpaired) electrons. The van der Waals surface area contributed by atoms with Crippen molar-refractivity contribution in [3.05, 3.63) is 78.9 Å². The fourth-order valence-corrected chi connectivity index (χ4v) is 4.33. The monoisotopic (exact) mass is 458 g/mol. The van der Waals surface area contributed by atoms with Crippen LogP contribution in [0.25, 0.3) is 22.9 Å². The van der Waals surface area contributed by atoms with Crippen LogP contribution in [-0.4, -0.2) is 42.8 Å². The molecule has 166 valence electrons. The molecule has 0 N–H and O–H groups in total. The van der Waals surface area contributed by atoms with Gasteiger partial charge in [0, 0.05) is 35.6 Å². The van der Waals surface area contributed by atoms with Crippen molar-refractivity contribution in [3.63, 3.8) is 0 Å². The minimum atomic E-state index is 0.621. The SMILES string of the molecule is CCOc1ccc(-n2c(SCc3cn4cccnc4n3)nnc2-c2cccc(OC)c2)cc1. The first kappa shape index (κ1) is 21.0. The summed E-state index contributed by atoms with van der Waals surface area (Å²) in [4.78, 5) is 8.88. The van der Waals surface area contributed by atoms with E-state index in [9.17, 15) is 0 Å². The van der Waals surface area contributed by atoms with Gasteiger partial charge in [-0.2, -0.15) is 0 Å². The highest BCUT2D eigenvalue weighted by Gasteiger charge is 2.17. The van der Waals surface area contributed by atoms with Gasteiger partial charge in [0.15, 0.2) is 11.0 Å². The molecule has 0 saturated carbocycles. The molecule has 5 rings (SSSR count). The van der Waals surface area contributed by atoms with Gasteiger partial charge in [-0.25, -0.2) is 9.97 Å². The fraction of sp³-hybridized carbons (Fsp3) is 0.167. The standard InChI is InChI=1S/C24H22N6O2S/c1-3-32-20-10-8-19(9-11-20)30-22(17-6-4-7-21(14-17)31-2)27-28-24(30)33-16-18-15-29-13-5-12-25-23(29)26-18/h4-15H,3,16H2,1-2H3. The molecule has 0 aliphatic carbocycles. The Bertz CT molecular complexity index is 1350. The molecule has 0 bridgehead atoms. The molecule has 0 spiro atoms. The summed E-state index contributed by atoms with van der Waals surface area (Å²) in [6.07, 6.45) is 5.66. The Balaban J connectivity index is 1.51. The summed E-state index contributed by atoms with van der Waals surface area (Å²) in [5, 5.41) is 9.79. The molecule has 8 nitrogen and oxygen atoms in total. The topological polar surface area (TPSA) is 79.4 Å². The van der Waals surface area contributed by atoms with Crippen molar-refractivity contribution >= 4 is 17.5 Å². The highest BCUT2D eigenvalue weighted by molar-refractivity contribution is 7.98. The van der Waals surface area contributed by atoms with Crippen LogP contribution in [0.5, 0.6) is 11.5 Å². The molecule has 0 amide bonds. The largest absolute Gasteiger partial charge is 0.497 e. The molecule has 3 aromatic heterocycles. The number of nitrogens with zero attached hydrogens (tertiary/aromatic N) is 6. The van der Waals surface area contributed by atoms with E-state index in [1.54, 1.807) is 25.1 Å². The van der Waals surface area contributed by atoms with E-state index in [0.29, 0.717) is 18.1 Å². The fourth-order valence-electron chi connectivity index (χ4n) is 3.49. The van der Waals surface area contributed by atoms with E-state index in [4.69, 9.17) is 9.47 Å². The van der Waals surface area contributed by atoms with E-state index in [0.717, 1.165) is 39.4 Å². The molecule has 0 aliphatic heterocycles. The van der Waals surface area contributed by atoms with Gasteiger partial charge in [-0.15, -0.1) is 10.2 Å². The number of methoxy groups -OCH3 is 1. The second-order valence-electron chi connectivity index (χ2n) is 7.15. The maximum absolute atomic E-state index is 5.61. The van der Waals surface area contributed by atoms with Crippen molar-refractivity contribution in [1.29, 1.82) is 0 Å². The molecule has 0 aliphatic rings. The average Bonchev–Trinajstić information content (AvgIpc) is 3.47. The summed E-state index contributed by atoms with van der Waals surface area (Å²) in [6, 6.07) is 17.6. The Morgan fingerprint density at radius 1 is 1.00 bits per heavy atom. The van der Waals surface area contributed by atoms with Gasteiger partial charge in [0.1, 0.15) is 11.5 Å². The third-order valence-electron chi connectivity index (χ3n) is 5.00. The smallest absolute Gasteiger partial charge is 0.233 e. The summed E-state index contributed by atoms with van der Waals surface area (Å²) in [5.74, 6) is 3.63. The first-order valence-electron chi connectivity index (χ1n) is 10.5. The molecular formula is C24H22N6O2S. The lowest BCUT2D eigenvalue weighted by atomic mass is 10.2. The number of thioether (sulfide) groups is 1. The highest BCUT2D eigenvalue weighted by Crippen LogP contribution is 2.31. The number of ether oxygens (including phenoxy) is 2. The summed E-state index contributed by atoms with van der Waals surface area (Å²) in [5.41, 5.74) is 2.78. The van der Waals surface area contributed by atoms with Gasteiger partial charge in [0.2, 0.25) is 5.78 Å². The van der Waals surface area contributed by atoms with Crippen LogP contribution >= 0.6 is 11.8 Å². The van der Waals surface area contributed by atoms with Crippen molar-refractivity contribution in [1.82, 2.24) is 29.1 Å². The normalized spacial score (nSPS) is 11.1. The predicted octanol–water partition coefficient (Wildman–Crippen LogP) is 4.68. The molecule has 2 aromatic carbocycles. The first-order valence-corrected chi connectivity index (χ1v) is 11.5. The van der Waals surface area contributed by atoms with Crippen LogP contribution in [0, 0.1) is 0 Å². The number of hydrogen-bond donors (Lipinski definition) is 0. The molecule has 9 heteroatoms. The van der Waals surface area contributed by atoms with E-state index in [1.807, 2.05) is 82.9 Å². The Kier molecular flexibility index (Phi) is 5.95. The van der Waals surface area contributed by atoms with Crippen LogP contribution in [-0.2, 0) is 5.75 Å². The van der Waals surface area contributed by atoms with E-state index in [1.165, 1.54) is 0 Å². The lowest BCUT2D eigenvalue weighted by molar-refractivity contribution is 0.340. The Labute approximate surface area is 195 Å². The van der Waals surface area contributed by atoms with Crippen LogP contribution < -0.4 is 9.47 Å². The molecule has 0 saturated heterocycles. The van der Waals surface area contributed by atoms with Gasteiger partial charge in [-0.1, -0.05) is 23.9 Å². The van der Waals surface area contributed by atoms with E-state index in [-0.39, 0.29) is 0 Å². The number of hydrogen-bond acceptors (Lipinski definition) is 7. The molecule has 0 unspecified atom stereocenters. The second-order valence-corrected chi connectivity index (χ2v) is 8.09. The summed E-state index contributed by atoms with van der Waals surface area (Å²) in [6.45, 7) is 2.59. The van der Waals surface area contributed by atoms with Crippen LogP contribution in [0.4, 0.5) is 0 Å². The zero-order valence-corrected chi connectivity index (χ0v) is 19.1. The zero-order chi connectivity index (χ0) is 22.6. The maximum Gasteiger partial charge on any atom is 0.233 e. The van der Waals surface area contributed by atoms with Gasteiger partial charge in [-0.05, 0) is 49.4 Å². The van der Waals surface area contributed by atoms with Crippen molar-refractivity contribution in [2.24, 2.45) is 0 Å². The summed E-state index contributed by atoms with van der Waals surface area (Å²) < 4.78 is 15.0. The lowest BCUT2D eigenvalue weighted by Gasteiger charge is -2.12. The quantitative estimate of drug-likeness (QED) is 0.313. The summed E-state index contributed by atoms with van der Waals surface area (Å²) >= 11 is 1.57. The maximum atomic E-state index is 5.61. The summed E-state index contributed by atoms with van der Waals surface area (Å²) in [7, 11) is 1.65. The van der Waals surface area contributed by atoms with Crippen LogP contribution in [0.1, 0.15) is 12.6 Å². The number of benzene rings is 2. The Morgan fingerprint density at radius 2 is 1.88 bits per heavy atom. The number of rotatable bonds is 8. The van der Waals surface area contributed by atoms with Crippen molar-refractivity contribution < 1.29 is 9.47 Å². The van der Waals surface area contributed by atoms with Crippen LogP contribution in [0.2, 0.25) is 0 Å². The van der Waals surface area contributed by atoms with Crippen LogP contribution in [0.15, 0.2) is 78.3 Å². The second kappa shape index (κ2) is 9.33. The number of imidazole rings is 1. The van der Waals surface area contributed by atoms with Gasteiger partial charge in [0.05, 0.1) is 19.4 Å². The average molecular weight is 459 g/mol. The molecule has 0 atom stereocenters. The number of fused-ring (bicyclic) bond motifs is 1. The lowest BCUT2D eigenvalue weighted by Crippen LogP contribution is -2.00. The van der Waals surface area contributed by atoms with E-state index < -0.39 is 0 Å². The molecule has 3 heterocycles. The molecule has 33 heavy (non-hydrogen) atoms. The van der Waals surface area contributed by atoms with E-state index in [2.05, 4.69) is 20.2 Å². The minimum Gasteiger partial charge on any atom is -0.497 e. The highest BCUT2D eigenvalue weighted by atomic mass is 32.2. The third kappa shape index (κ3) is 4.40. The van der Waals surface area contributed by atoms with Gasteiger partial charge in [-0.3, -0.25) is 8.97 Å². The molecular weight excluding hydrogens is 436 g/mol. The Hall–Kier alpha value is -3.85. The first-order chi connectivity index (χ1) is 16.2. The van der Waals surface area contributed by atoms with Crippen molar-refractivity contribution in [3.8, 4) is 28.6 Å². The third-order valence-corrected chi connectivity index (χ3v) is 5.96. The van der Waals surface area contributed by atoms with Crippen molar-refractivity contribution in [2.75, 3.05) is 13.7 Å². The van der Waals surface area contributed by atoms with Crippen molar-refractivity contribution in [2.45, 2.75) is 17.8 Å². The molecule has 5 aromatic rings. The zero-order valence-electron chi connectivity index (χ0n) is 18.3. The number of aromatic nitrogens is 6. The predicted molar refractivity (Wildman–Crippen MR) is 127 cm³/mol.